The highest BCUT2D eigenvalue weighted by Crippen LogP contribution is 2.18. The van der Waals surface area contributed by atoms with E-state index in [1.165, 1.54) is 0 Å². The molecule has 1 aliphatic rings. The Morgan fingerprint density at radius 3 is 2.66 bits per heavy atom. The van der Waals surface area contributed by atoms with E-state index in [2.05, 4.69) is 10.6 Å². The molecule has 0 radical (unpaired) electrons. The molecule has 1 fully saturated rings. The molecule has 2 aromatic rings. The number of nitrogens with zero attached hydrogens (tertiary/aromatic N) is 1. The van der Waals surface area contributed by atoms with E-state index in [1.54, 1.807) is 36.1 Å². The maximum Gasteiger partial charge on any atom is 0.321 e. The van der Waals surface area contributed by atoms with Crippen molar-refractivity contribution in [3.05, 3.63) is 65.7 Å². The van der Waals surface area contributed by atoms with Crippen LogP contribution in [0, 0.1) is 5.92 Å². The van der Waals surface area contributed by atoms with Gasteiger partial charge < -0.3 is 15.4 Å². The summed E-state index contributed by atoms with van der Waals surface area (Å²) < 4.78 is 5.17. The first-order chi connectivity index (χ1) is 14.1. The van der Waals surface area contributed by atoms with Crippen LogP contribution >= 0.6 is 0 Å². The third-order valence-corrected chi connectivity index (χ3v) is 4.73. The van der Waals surface area contributed by atoms with E-state index >= 15 is 0 Å². The van der Waals surface area contributed by atoms with E-state index in [9.17, 15) is 14.4 Å². The Morgan fingerprint density at radius 2 is 1.97 bits per heavy atom. The molecule has 0 saturated carbocycles. The molecule has 7 heteroatoms. The zero-order valence-electron chi connectivity index (χ0n) is 16.4. The fourth-order valence-corrected chi connectivity index (χ4v) is 3.25. The van der Waals surface area contributed by atoms with Crippen LogP contribution in [0.25, 0.3) is 0 Å². The smallest absolute Gasteiger partial charge is 0.321 e. The number of urea groups is 1. The molecule has 1 unspecified atom stereocenters. The van der Waals surface area contributed by atoms with Crippen LogP contribution in [0.1, 0.15) is 22.8 Å². The molecule has 7 nitrogen and oxygen atoms in total. The molecule has 2 aromatic carbocycles. The van der Waals surface area contributed by atoms with Gasteiger partial charge in [0.2, 0.25) is 0 Å². The van der Waals surface area contributed by atoms with Gasteiger partial charge in [0.05, 0.1) is 12.5 Å². The van der Waals surface area contributed by atoms with Crippen molar-refractivity contribution in [3.63, 3.8) is 0 Å². The van der Waals surface area contributed by atoms with Crippen LogP contribution in [0.3, 0.4) is 0 Å². The van der Waals surface area contributed by atoms with Crippen molar-refractivity contribution in [3.8, 4) is 0 Å². The first-order valence-corrected chi connectivity index (χ1v) is 9.72. The third-order valence-electron chi connectivity index (χ3n) is 4.73. The number of ether oxygens (including phenoxy) is 1. The van der Waals surface area contributed by atoms with Crippen molar-refractivity contribution in [2.75, 3.05) is 31.1 Å². The van der Waals surface area contributed by atoms with Crippen LogP contribution in [0.4, 0.5) is 10.5 Å². The lowest BCUT2D eigenvalue weighted by Crippen LogP contribution is -2.35. The molecule has 152 valence electrons. The van der Waals surface area contributed by atoms with Gasteiger partial charge in [0.25, 0.3) is 5.91 Å². The van der Waals surface area contributed by atoms with Crippen molar-refractivity contribution in [2.24, 2.45) is 5.92 Å². The Kier molecular flexibility index (Phi) is 6.84. The van der Waals surface area contributed by atoms with Gasteiger partial charge in [-0.2, -0.15) is 0 Å². The highest BCUT2D eigenvalue weighted by atomic mass is 16.5. The number of hydrogen-bond acceptors (Lipinski definition) is 4. The number of nitrogens with one attached hydrogen (secondary N) is 2. The monoisotopic (exact) mass is 395 g/mol. The molecule has 3 amide bonds. The minimum Gasteiger partial charge on any atom is -0.466 e. The number of rotatable bonds is 8. The minimum atomic E-state index is -0.478. The maximum absolute atomic E-state index is 12.6. The van der Waals surface area contributed by atoms with Crippen LogP contribution in [-0.2, 0) is 16.0 Å². The lowest BCUT2D eigenvalue weighted by atomic mass is 9.99. The number of hydrogen-bond donors (Lipinski definition) is 2. The number of carbonyl (C=O) groups excluding carboxylic acids is 3. The largest absolute Gasteiger partial charge is 0.466 e. The van der Waals surface area contributed by atoms with E-state index in [1.807, 2.05) is 30.3 Å². The molecule has 1 saturated heterocycles. The zero-order valence-corrected chi connectivity index (χ0v) is 16.4. The molecular weight excluding hydrogens is 370 g/mol. The lowest BCUT2D eigenvalue weighted by molar-refractivity contribution is -0.147. The first-order valence-electron chi connectivity index (χ1n) is 9.72. The van der Waals surface area contributed by atoms with Gasteiger partial charge >= 0.3 is 12.0 Å². The van der Waals surface area contributed by atoms with Crippen molar-refractivity contribution in [1.29, 1.82) is 0 Å². The van der Waals surface area contributed by atoms with Crippen LogP contribution in [0.15, 0.2) is 54.6 Å². The Balaban J connectivity index is 1.66. The molecule has 0 spiro atoms. The Labute approximate surface area is 170 Å². The average Bonchev–Trinajstić information content (AvgIpc) is 3.17. The van der Waals surface area contributed by atoms with Crippen molar-refractivity contribution < 1.29 is 19.1 Å². The molecule has 1 atom stereocenters. The minimum absolute atomic E-state index is 0.168. The summed E-state index contributed by atoms with van der Waals surface area (Å²) in [7, 11) is 0. The SMILES string of the molecule is CCOC(=O)C(CNC(=O)c1cccc(N2CCNC2=O)c1)Cc1ccccc1. The third kappa shape index (κ3) is 5.34. The Hall–Kier alpha value is -3.35. The summed E-state index contributed by atoms with van der Waals surface area (Å²) in [6, 6.07) is 16.3. The second kappa shape index (κ2) is 9.73. The summed E-state index contributed by atoms with van der Waals surface area (Å²) in [5.74, 6) is -1.11. The second-order valence-electron chi connectivity index (χ2n) is 6.78. The van der Waals surface area contributed by atoms with Crippen molar-refractivity contribution in [2.45, 2.75) is 13.3 Å². The van der Waals surface area contributed by atoms with Crippen LogP contribution in [0.2, 0.25) is 0 Å². The molecule has 0 aromatic heterocycles. The van der Waals surface area contributed by atoms with Gasteiger partial charge in [0.1, 0.15) is 0 Å². The lowest BCUT2D eigenvalue weighted by Gasteiger charge is -2.17. The van der Waals surface area contributed by atoms with Gasteiger partial charge in [-0.05, 0) is 37.1 Å². The maximum atomic E-state index is 12.6. The normalized spacial score (nSPS) is 14.2. The highest BCUT2D eigenvalue weighted by Gasteiger charge is 2.23. The van der Waals surface area contributed by atoms with Crippen LogP contribution < -0.4 is 15.5 Å². The van der Waals surface area contributed by atoms with Gasteiger partial charge in [0.15, 0.2) is 0 Å². The predicted molar refractivity (Wildman–Crippen MR) is 110 cm³/mol. The van der Waals surface area contributed by atoms with Crippen molar-refractivity contribution >= 4 is 23.6 Å². The van der Waals surface area contributed by atoms with E-state index in [-0.39, 0.29) is 31.1 Å². The molecule has 0 bridgehead atoms. The second-order valence-corrected chi connectivity index (χ2v) is 6.78. The summed E-state index contributed by atoms with van der Waals surface area (Å²) in [4.78, 5) is 38.4. The molecule has 1 heterocycles. The number of carbonyl (C=O) groups is 3. The Bertz CT molecular complexity index is 869. The molecule has 2 N–H and O–H groups in total. The first kappa shape index (κ1) is 20.4. The van der Waals surface area contributed by atoms with Gasteiger partial charge in [-0.1, -0.05) is 36.4 Å². The average molecular weight is 395 g/mol. The summed E-state index contributed by atoms with van der Waals surface area (Å²) in [5, 5.41) is 5.57. The van der Waals surface area contributed by atoms with Crippen LogP contribution in [-0.4, -0.2) is 44.1 Å². The van der Waals surface area contributed by atoms with Crippen molar-refractivity contribution in [1.82, 2.24) is 10.6 Å². The number of esters is 1. The number of anilines is 1. The van der Waals surface area contributed by atoms with E-state index in [0.29, 0.717) is 30.8 Å². The highest BCUT2D eigenvalue weighted by molar-refractivity contribution is 5.98. The topological polar surface area (TPSA) is 87.7 Å². The Morgan fingerprint density at radius 1 is 1.17 bits per heavy atom. The molecular formula is C22H25N3O4. The van der Waals surface area contributed by atoms with Gasteiger partial charge in [-0.3, -0.25) is 14.5 Å². The van der Waals surface area contributed by atoms with Crippen LogP contribution in [0.5, 0.6) is 0 Å². The van der Waals surface area contributed by atoms with Gasteiger partial charge in [-0.15, -0.1) is 0 Å². The van der Waals surface area contributed by atoms with E-state index in [4.69, 9.17) is 4.74 Å². The number of benzene rings is 2. The fraction of sp³-hybridized carbons (Fsp3) is 0.318. The zero-order chi connectivity index (χ0) is 20.6. The quantitative estimate of drug-likeness (QED) is 0.672. The predicted octanol–water partition coefficient (Wildman–Crippen LogP) is 2.37. The van der Waals surface area contributed by atoms with E-state index in [0.717, 1.165) is 5.56 Å². The van der Waals surface area contributed by atoms with Gasteiger partial charge in [0, 0.05) is 30.9 Å². The van der Waals surface area contributed by atoms with Gasteiger partial charge in [-0.25, -0.2) is 4.79 Å². The summed E-state index contributed by atoms with van der Waals surface area (Å²) in [6.07, 6.45) is 0.480. The molecule has 0 aliphatic carbocycles. The standard InChI is InChI=1S/C22H25N3O4/c1-2-29-21(27)18(13-16-7-4-3-5-8-16)15-24-20(26)17-9-6-10-19(14-17)25-12-11-23-22(25)28/h3-10,14,18H,2,11-13,15H2,1H3,(H,23,28)(H,24,26). The molecule has 1 aliphatic heterocycles. The summed E-state index contributed by atoms with van der Waals surface area (Å²) in [5.41, 5.74) is 2.10. The van der Waals surface area contributed by atoms with E-state index < -0.39 is 5.92 Å². The fourth-order valence-electron chi connectivity index (χ4n) is 3.25. The molecule has 3 rings (SSSR count). The summed E-state index contributed by atoms with van der Waals surface area (Å²) in [6.45, 7) is 3.36. The summed E-state index contributed by atoms with van der Waals surface area (Å²) >= 11 is 0. The molecule has 29 heavy (non-hydrogen) atoms. The number of amides is 3.